The van der Waals surface area contributed by atoms with E-state index in [-0.39, 0.29) is 0 Å². The summed E-state index contributed by atoms with van der Waals surface area (Å²) < 4.78 is 0. The molecule has 2 saturated heterocycles. The summed E-state index contributed by atoms with van der Waals surface area (Å²) in [6.07, 6.45) is 3.72. The maximum Gasteiger partial charge on any atom is 0.105 e. The van der Waals surface area contributed by atoms with E-state index >= 15 is 0 Å². The Morgan fingerprint density at radius 3 is 2.67 bits per heavy atom. The monoisotopic (exact) mass is 170 g/mol. The Labute approximate surface area is 73.8 Å². The molecule has 2 rings (SSSR count). The lowest BCUT2D eigenvalue weighted by Gasteiger charge is -2.49. The van der Waals surface area contributed by atoms with E-state index in [9.17, 15) is 5.11 Å². The van der Waals surface area contributed by atoms with Gasteiger partial charge >= 0.3 is 0 Å². The first-order chi connectivity index (χ1) is 5.72. The number of aliphatic hydroxyl groups is 1. The molecule has 2 heterocycles. The minimum absolute atomic E-state index is 0.396. The van der Waals surface area contributed by atoms with Crippen LogP contribution in [0.1, 0.15) is 19.3 Å². The van der Waals surface area contributed by atoms with E-state index in [0.29, 0.717) is 6.04 Å². The van der Waals surface area contributed by atoms with Crippen molar-refractivity contribution in [1.29, 1.82) is 0 Å². The number of piperidine rings is 1. The molecule has 3 nitrogen and oxygen atoms in total. The number of likely N-dealkylation sites (tertiary alicyclic amines) is 1. The van der Waals surface area contributed by atoms with Gasteiger partial charge < -0.3 is 15.3 Å². The SMILES string of the molecule is CN1CCCCC1C1(O)CNC1. The van der Waals surface area contributed by atoms with Crippen LogP contribution >= 0.6 is 0 Å². The number of rotatable bonds is 1. The largest absolute Gasteiger partial charge is 0.386 e. The van der Waals surface area contributed by atoms with Crippen molar-refractivity contribution < 1.29 is 5.11 Å². The summed E-state index contributed by atoms with van der Waals surface area (Å²) in [5.74, 6) is 0. The van der Waals surface area contributed by atoms with Gasteiger partial charge in [-0.05, 0) is 26.4 Å². The third kappa shape index (κ3) is 1.26. The quantitative estimate of drug-likeness (QED) is 0.572. The molecule has 2 N–H and O–H groups in total. The van der Waals surface area contributed by atoms with Gasteiger partial charge in [-0.1, -0.05) is 6.42 Å². The third-order valence-corrected chi connectivity index (χ3v) is 3.25. The highest BCUT2D eigenvalue weighted by atomic mass is 16.3. The summed E-state index contributed by atoms with van der Waals surface area (Å²) in [6, 6.07) is 0.396. The van der Waals surface area contributed by atoms with Crippen LogP contribution in [0.5, 0.6) is 0 Å². The first-order valence-corrected chi connectivity index (χ1v) is 4.86. The molecule has 70 valence electrons. The van der Waals surface area contributed by atoms with Crippen LogP contribution in [0.15, 0.2) is 0 Å². The topological polar surface area (TPSA) is 35.5 Å². The van der Waals surface area contributed by atoms with E-state index < -0.39 is 5.60 Å². The summed E-state index contributed by atoms with van der Waals surface area (Å²) in [6.45, 7) is 2.71. The van der Waals surface area contributed by atoms with E-state index in [2.05, 4.69) is 17.3 Å². The Morgan fingerprint density at radius 2 is 2.17 bits per heavy atom. The molecule has 0 radical (unpaired) electrons. The van der Waals surface area contributed by atoms with E-state index in [4.69, 9.17) is 0 Å². The van der Waals surface area contributed by atoms with Crippen molar-refractivity contribution in [2.75, 3.05) is 26.7 Å². The lowest BCUT2D eigenvalue weighted by atomic mass is 9.82. The molecule has 0 aromatic carbocycles. The molecule has 0 saturated carbocycles. The predicted molar refractivity (Wildman–Crippen MR) is 48.1 cm³/mol. The van der Waals surface area contributed by atoms with Crippen molar-refractivity contribution in [3.8, 4) is 0 Å². The van der Waals surface area contributed by atoms with Gasteiger partial charge in [0.1, 0.15) is 5.60 Å². The highest BCUT2D eigenvalue weighted by molar-refractivity contribution is 5.03. The van der Waals surface area contributed by atoms with Crippen LogP contribution in [0.2, 0.25) is 0 Å². The van der Waals surface area contributed by atoms with Crippen LogP contribution in [0.4, 0.5) is 0 Å². The molecule has 12 heavy (non-hydrogen) atoms. The Kier molecular flexibility index (Phi) is 2.10. The normalized spacial score (nSPS) is 36.0. The zero-order chi connectivity index (χ0) is 8.60. The fraction of sp³-hybridized carbons (Fsp3) is 1.00. The summed E-state index contributed by atoms with van der Waals surface area (Å²) >= 11 is 0. The second-order valence-corrected chi connectivity index (χ2v) is 4.20. The summed E-state index contributed by atoms with van der Waals surface area (Å²) in [4.78, 5) is 2.31. The Hall–Kier alpha value is -0.120. The molecule has 0 aromatic heterocycles. The van der Waals surface area contributed by atoms with E-state index in [1.165, 1.54) is 12.8 Å². The van der Waals surface area contributed by atoms with Crippen molar-refractivity contribution in [1.82, 2.24) is 10.2 Å². The summed E-state index contributed by atoms with van der Waals surface area (Å²) in [7, 11) is 2.13. The molecule has 0 spiro atoms. The van der Waals surface area contributed by atoms with Gasteiger partial charge in [0, 0.05) is 19.1 Å². The lowest BCUT2D eigenvalue weighted by Crippen LogP contribution is -2.69. The van der Waals surface area contributed by atoms with Crippen LogP contribution in [0.25, 0.3) is 0 Å². The molecule has 2 aliphatic heterocycles. The minimum Gasteiger partial charge on any atom is -0.386 e. The van der Waals surface area contributed by atoms with Crippen LogP contribution in [-0.2, 0) is 0 Å². The molecule has 2 aliphatic rings. The van der Waals surface area contributed by atoms with Gasteiger partial charge in [0.2, 0.25) is 0 Å². The Morgan fingerprint density at radius 1 is 1.42 bits per heavy atom. The number of β-amino-alcohol motifs (C(OH)–C–C–N with tert-alkyl or cyclic N) is 1. The number of hydrogen-bond acceptors (Lipinski definition) is 3. The standard InChI is InChI=1S/C9H18N2O/c1-11-5-3-2-4-8(11)9(12)6-10-7-9/h8,10,12H,2-7H2,1H3. The molecule has 2 fully saturated rings. The lowest BCUT2D eigenvalue weighted by molar-refractivity contribution is -0.0876. The van der Waals surface area contributed by atoms with Crippen LogP contribution < -0.4 is 5.32 Å². The summed E-state index contributed by atoms with van der Waals surface area (Å²) in [5.41, 5.74) is -0.421. The van der Waals surface area contributed by atoms with Crippen molar-refractivity contribution in [3.05, 3.63) is 0 Å². The minimum atomic E-state index is -0.421. The molecule has 0 aliphatic carbocycles. The van der Waals surface area contributed by atoms with E-state index in [1.807, 2.05) is 0 Å². The zero-order valence-corrected chi connectivity index (χ0v) is 7.71. The highest BCUT2D eigenvalue weighted by Crippen LogP contribution is 2.27. The van der Waals surface area contributed by atoms with Crippen molar-refractivity contribution in [2.24, 2.45) is 0 Å². The molecule has 0 aromatic rings. The van der Waals surface area contributed by atoms with Gasteiger partial charge in [-0.15, -0.1) is 0 Å². The highest BCUT2D eigenvalue weighted by Gasteiger charge is 2.44. The molecule has 1 atom stereocenters. The predicted octanol–water partition coefficient (Wildman–Crippen LogP) is -0.195. The van der Waals surface area contributed by atoms with Gasteiger partial charge in [-0.25, -0.2) is 0 Å². The molecular weight excluding hydrogens is 152 g/mol. The summed E-state index contributed by atoms with van der Waals surface area (Å²) in [5, 5.41) is 13.2. The fourth-order valence-electron chi connectivity index (χ4n) is 2.37. The first-order valence-electron chi connectivity index (χ1n) is 4.86. The van der Waals surface area contributed by atoms with E-state index in [1.54, 1.807) is 0 Å². The third-order valence-electron chi connectivity index (χ3n) is 3.25. The van der Waals surface area contributed by atoms with Gasteiger partial charge in [-0.2, -0.15) is 0 Å². The van der Waals surface area contributed by atoms with Crippen molar-refractivity contribution in [3.63, 3.8) is 0 Å². The second kappa shape index (κ2) is 2.98. The number of hydrogen-bond donors (Lipinski definition) is 2. The van der Waals surface area contributed by atoms with Crippen LogP contribution in [0.3, 0.4) is 0 Å². The molecular formula is C9H18N2O. The van der Waals surface area contributed by atoms with Crippen molar-refractivity contribution >= 4 is 0 Å². The smallest absolute Gasteiger partial charge is 0.105 e. The zero-order valence-electron chi connectivity index (χ0n) is 7.71. The number of nitrogens with one attached hydrogen (secondary N) is 1. The van der Waals surface area contributed by atoms with Gasteiger partial charge in [0.15, 0.2) is 0 Å². The number of likely N-dealkylation sites (N-methyl/N-ethyl adjacent to an activating group) is 1. The Balaban J connectivity index is 2.00. The average molecular weight is 170 g/mol. The maximum atomic E-state index is 10.1. The van der Waals surface area contributed by atoms with Gasteiger partial charge in [-0.3, -0.25) is 0 Å². The first kappa shape index (κ1) is 8.48. The number of nitrogens with zero attached hydrogens (tertiary/aromatic N) is 1. The second-order valence-electron chi connectivity index (χ2n) is 4.20. The maximum absolute atomic E-state index is 10.1. The fourth-order valence-corrected chi connectivity index (χ4v) is 2.37. The molecule has 0 bridgehead atoms. The van der Waals surface area contributed by atoms with Crippen LogP contribution in [-0.4, -0.2) is 48.3 Å². The van der Waals surface area contributed by atoms with Gasteiger partial charge in [0.05, 0.1) is 0 Å². The Bertz CT molecular complexity index is 168. The molecule has 0 amide bonds. The average Bonchev–Trinajstić information content (AvgIpc) is 2.01. The molecule has 3 heteroatoms. The van der Waals surface area contributed by atoms with Gasteiger partial charge in [0.25, 0.3) is 0 Å². The van der Waals surface area contributed by atoms with Crippen LogP contribution in [0, 0.1) is 0 Å². The van der Waals surface area contributed by atoms with Crippen molar-refractivity contribution in [2.45, 2.75) is 30.9 Å². The van der Waals surface area contributed by atoms with E-state index in [0.717, 1.165) is 26.1 Å². The molecule has 1 unspecified atom stereocenters.